The molecule has 0 fully saturated rings. The minimum atomic E-state index is 0.174. The second-order valence-electron chi connectivity index (χ2n) is 2.21. The Morgan fingerprint density at radius 3 is 2.46 bits per heavy atom. The van der Waals surface area contributed by atoms with Gasteiger partial charge < -0.3 is 0 Å². The van der Waals surface area contributed by atoms with Gasteiger partial charge in [0.1, 0.15) is 0 Å². The zero-order chi connectivity index (χ0) is 10.5. The van der Waals surface area contributed by atoms with Gasteiger partial charge in [0.2, 0.25) is 0 Å². The third-order valence-electron chi connectivity index (χ3n) is 1.14. The van der Waals surface area contributed by atoms with Crippen LogP contribution in [-0.4, -0.2) is 25.7 Å². The molecule has 3 nitrogen and oxygen atoms in total. The number of hydrogen-bond donors (Lipinski definition) is 1. The summed E-state index contributed by atoms with van der Waals surface area (Å²) in [6.45, 7) is 8.17. The molecule has 0 saturated heterocycles. The predicted molar refractivity (Wildman–Crippen MR) is 50.3 cm³/mol. The molecule has 13 heavy (non-hydrogen) atoms. The zero-order valence-electron chi connectivity index (χ0n) is 9.06. The fraction of sp³-hybridized carbons (Fsp3) is 0.889. The molecule has 0 atom stereocenters. The summed E-state index contributed by atoms with van der Waals surface area (Å²) in [7, 11) is 0. The number of amides is 1. The Morgan fingerprint density at radius 1 is 1.38 bits per heavy atom. The predicted octanol–water partition coefficient (Wildman–Crippen LogP) is 1.52. The van der Waals surface area contributed by atoms with Crippen molar-refractivity contribution in [2.45, 2.75) is 31.1 Å². The van der Waals surface area contributed by atoms with E-state index in [2.05, 4.69) is 12.2 Å². The summed E-state index contributed by atoms with van der Waals surface area (Å²) in [5.41, 5.74) is 0. The first-order valence-electron chi connectivity index (χ1n) is 4.95. The Bertz CT molecular complexity index is 110. The van der Waals surface area contributed by atoms with Gasteiger partial charge in [-0.1, -0.05) is 13.8 Å². The first-order chi connectivity index (χ1) is 6.31. The maximum absolute atomic E-state index is 10.7. The molecule has 1 N–H and O–H groups in total. The summed E-state index contributed by atoms with van der Waals surface area (Å²) in [6, 6.07) is 0. The fourth-order valence-electron chi connectivity index (χ4n) is 0.597. The van der Waals surface area contributed by atoms with Crippen LogP contribution in [0, 0.1) is 0 Å². The number of carbonyl (C=O) groups is 1. The van der Waals surface area contributed by atoms with Crippen LogP contribution < -0.4 is 5.32 Å². The minimum absolute atomic E-state index is 0.174. The first kappa shape index (κ1) is 15.8. The Kier molecular flexibility index (Phi) is 18.1. The van der Waals surface area contributed by atoms with Gasteiger partial charge in [0, 0.05) is 0 Å². The molecule has 0 saturated carbocycles. The van der Waals surface area contributed by atoms with E-state index < -0.39 is 0 Å². The number of rotatable bonds is 6. The van der Waals surface area contributed by atoms with Crippen LogP contribution in [0.15, 0.2) is 0 Å². The molecule has 0 radical (unpaired) electrons. The Morgan fingerprint density at radius 2 is 2.00 bits per heavy atom. The van der Waals surface area contributed by atoms with Crippen molar-refractivity contribution >= 4 is 5.91 Å². The van der Waals surface area contributed by atoms with E-state index in [-0.39, 0.29) is 5.91 Å². The SMILES string of the molecule is CC.CCCOCCNC(=O)[CH2][Hg]. The molecule has 1 amide bonds. The van der Waals surface area contributed by atoms with Crippen molar-refractivity contribution in [2.75, 3.05) is 19.8 Å². The standard InChI is InChI=1S/C7H14NO2.C2H6.Hg/c1-3-5-10-6-4-8-7(2)9;1-2;/h2-6H2,1H3,(H,8,9);1-2H3;. The summed E-state index contributed by atoms with van der Waals surface area (Å²) in [5, 5.41) is 2.78. The van der Waals surface area contributed by atoms with Gasteiger partial charge in [-0.05, 0) is 0 Å². The van der Waals surface area contributed by atoms with Crippen LogP contribution in [0.25, 0.3) is 0 Å². The summed E-state index contributed by atoms with van der Waals surface area (Å²) < 4.78 is 5.92. The van der Waals surface area contributed by atoms with Crippen LogP contribution in [0.1, 0.15) is 27.2 Å². The summed E-state index contributed by atoms with van der Waals surface area (Å²) >= 11 is 0.582. The Hall–Kier alpha value is 0.365. The molecule has 0 heterocycles. The second kappa shape index (κ2) is 14.9. The van der Waals surface area contributed by atoms with E-state index in [1.165, 1.54) is 0 Å². The summed E-state index contributed by atoms with van der Waals surface area (Å²) in [4.78, 5) is 10.7. The molecule has 0 aromatic heterocycles. The van der Waals surface area contributed by atoms with E-state index in [1.807, 2.05) is 13.8 Å². The van der Waals surface area contributed by atoms with Crippen LogP contribution in [-0.2, 0) is 35.7 Å². The summed E-state index contributed by atoms with van der Waals surface area (Å²) in [5.74, 6) is 0.174. The third kappa shape index (κ3) is 15.1. The third-order valence-corrected chi connectivity index (χ3v) is 2.91. The molecule has 0 aliphatic heterocycles. The van der Waals surface area contributed by atoms with Crippen molar-refractivity contribution in [1.82, 2.24) is 5.32 Å². The molecule has 0 aliphatic rings. The summed E-state index contributed by atoms with van der Waals surface area (Å²) in [6.07, 6.45) is 1.04. The molecular weight excluding hydrogens is 355 g/mol. The molecule has 0 aliphatic carbocycles. The van der Waals surface area contributed by atoms with Crippen LogP contribution in [0.2, 0.25) is 3.93 Å². The second-order valence-corrected chi connectivity index (χ2v) is 4.16. The first-order valence-corrected chi connectivity index (χ1v) is 8.83. The van der Waals surface area contributed by atoms with Gasteiger partial charge in [0.05, 0.1) is 0 Å². The molecule has 4 heteroatoms. The monoisotopic (exact) mass is 376 g/mol. The maximum atomic E-state index is 10.7. The van der Waals surface area contributed by atoms with Crippen molar-refractivity contribution in [1.29, 1.82) is 0 Å². The van der Waals surface area contributed by atoms with E-state index in [0.29, 0.717) is 39.3 Å². The molecule has 0 unspecified atom stereocenters. The van der Waals surface area contributed by atoms with Gasteiger partial charge in [0.15, 0.2) is 0 Å². The van der Waals surface area contributed by atoms with Crippen molar-refractivity contribution in [3.63, 3.8) is 0 Å². The quantitative estimate of drug-likeness (QED) is 0.565. The van der Waals surface area contributed by atoms with Gasteiger partial charge in [-0.15, -0.1) is 0 Å². The molecule has 0 spiro atoms. The van der Waals surface area contributed by atoms with Gasteiger partial charge in [-0.25, -0.2) is 0 Å². The number of ether oxygens (including phenoxy) is 1. The molecule has 0 bridgehead atoms. The number of hydrogen-bond acceptors (Lipinski definition) is 2. The number of nitrogens with one attached hydrogen (secondary N) is 1. The average Bonchev–Trinajstić information content (AvgIpc) is 2.20. The van der Waals surface area contributed by atoms with Crippen LogP contribution in [0.5, 0.6) is 0 Å². The van der Waals surface area contributed by atoms with E-state index in [4.69, 9.17) is 4.74 Å². The van der Waals surface area contributed by atoms with Gasteiger partial charge in [-0.3, -0.25) is 0 Å². The van der Waals surface area contributed by atoms with Crippen LogP contribution in [0.4, 0.5) is 0 Å². The molecule has 0 aromatic carbocycles. The zero-order valence-corrected chi connectivity index (χ0v) is 14.6. The number of carbonyl (C=O) groups excluding carboxylic acids is 1. The normalized spacial score (nSPS) is 8.69. The van der Waals surface area contributed by atoms with E-state index in [9.17, 15) is 4.79 Å². The van der Waals surface area contributed by atoms with E-state index in [0.717, 1.165) is 17.0 Å². The van der Waals surface area contributed by atoms with Gasteiger partial charge >= 0.3 is 83.9 Å². The van der Waals surface area contributed by atoms with Crippen LogP contribution >= 0.6 is 0 Å². The van der Waals surface area contributed by atoms with Crippen molar-refractivity contribution in [3.05, 3.63) is 0 Å². The fourth-order valence-corrected chi connectivity index (χ4v) is 1.28. The average molecular weight is 375 g/mol. The van der Waals surface area contributed by atoms with Crippen molar-refractivity contribution in [3.8, 4) is 0 Å². The van der Waals surface area contributed by atoms with Gasteiger partial charge in [-0.2, -0.15) is 0 Å². The topological polar surface area (TPSA) is 38.3 Å². The van der Waals surface area contributed by atoms with E-state index in [1.54, 1.807) is 0 Å². The molecule has 0 aromatic rings. The Balaban J connectivity index is 0. The van der Waals surface area contributed by atoms with Gasteiger partial charge in [0.25, 0.3) is 0 Å². The van der Waals surface area contributed by atoms with E-state index >= 15 is 0 Å². The molecular formula is C9H20HgNO2. The van der Waals surface area contributed by atoms with Crippen molar-refractivity contribution in [2.24, 2.45) is 0 Å². The Labute approximate surface area is 97.6 Å². The van der Waals surface area contributed by atoms with Crippen molar-refractivity contribution < 1.29 is 35.7 Å². The van der Waals surface area contributed by atoms with Crippen LogP contribution in [0.3, 0.4) is 0 Å². The molecule has 75 valence electrons. The molecule has 0 rings (SSSR count).